The van der Waals surface area contributed by atoms with Gasteiger partial charge in [-0.1, -0.05) is 107 Å². The summed E-state index contributed by atoms with van der Waals surface area (Å²) >= 11 is 9.76. The van der Waals surface area contributed by atoms with Gasteiger partial charge in [0.25, 0.3) is 10.0 Å². The molecule has 1 N–H and O–H groups in total. The Bertz CT molecular complexity index is 1700. The van der Waals surface area contributed by atoms with Crippen LogP contribution in [-0.2, 0) is 32.6 Å². The molecule has 1 aliphatic carbocycles. The summed E-state index contributed by atoms with van der Waals surface area (Å²) in [7, 11) is -4.18. The van der Waals surface area contributed by atoms with E-state index in [4.69, 9.17) is 11.6 Å². The smallest absolute Gasteiger partial charge is 0.264 e. The van der Waals surface area contributed by atoms with E-state index in [1.54, 1.807) is 36.4 Å². The van der Waals surface area contributed by atoms with Crippen molar-refractivity contribution >= 4 is 55.1 Å². The van der Waals surface area contributed by atoms with Crippen LogP contribution in [0.5, 0.6) is 0 Å². The van der Waals surface area contributed by atoms with Crippen molar-refractivity contribution in [3.8, 4) is 0 Å². The van der Waals surface area contributed by atoms with Gasteiger partial charge in [0.15, 0.2) is 0 Å². The molecule has 10 heteroatoms. The topological polar surface area (TPSA) is 86.8 Å². The lowest BCUT2D eigenvalue weighted by Crippen LogP contribution is -2.54. The van der Waals surface area contributed by atoms with Gasteiger partial charge in [0.2, 0.25) is 11.8 Å². The molecule has 0 saturated heterocycles. The average Bonchev–Trinajstić information content (AvgIpc) is 3.56. The Morgan fingerprint density at radius 1 is 0.844 bits per heavy atom. The lowest BCUT2D eigenvalue weighted by Gasteiger charge is -2.34. The predicted molar refractivity (Wildman–Crippen MR) is 181 cm³/mol. The number of nitrogens with one attached hydrogen (secondary N) is 1. The summed E-state index contributed by atoms with van der Waals surface area (Å²) in [6, 6.07) is 30.6. The van der Waals surface area contributed by atoms with Crippen LogP contribution in [0.3, 0.4) is 0 Å². The maximum absolute atomic E-state index is 14.5. The minimum absolute atomic E-state index is 0.0389. The zero-order valence-corrected chi connectivity index (χ0v) is 27.8. The van der Waals surface area contributed by atoms with Crippen LogP contribution in [0.25, 0.3) is 0 Å². The van der Waals surface area contributed by atoms with Crippen LogP contribution in [0.15, 0.2) is 119 Å². The molecule has 234 valence electrons. The van der Waals surface area contributed by atoms with Gasteiger partial charge < -0.3 is 10.2 Å². The Hall–Kier alpha value is -3.66. The number of benzene rings is 4. The highest BCUT2D eigenvalue weighted by Gasteiger charge is 2.35. The molecular formula is C35H35BrClN3O4S. The number of hydrogen-bond acceptors (Lipinski definition) is 4. The Balaban J connectivity index is 1.56. The first-order valence-corrected chi connectivity index (χ1v) is 17.5. The zero-order valence-electron chi connectivity index (χ0n) is 24.7. The fraction of sp³-hybridized carbons (Fsp3) is 0.257. The summed E-state index contributed by atoms with van der Waals surface area (Å²) in [6.45, 7) is -0.424. The van der Waals surface area contributed by atoms with Gasteiger partial charge >= 0.3 is 0 Å². The van der Waals surface area contributed by atoms with Gasteiger partial charge in [0.05, 0.1) is 10.6 Å². The van der Waals surface area contributed by atoms with Crippen LogP contribution >= 0.6 is 27.5 Å². The number of nitrogens with zero attached hydrogens (tertiary/aromatic N) is 2. The van der Waals surface area contributed by atoms with Gasteiger partial charge in [-0.3, -0.25) is 13.9 Å². The van der Waals surface area contributed by atoms with Gasteiger partial charge in [-0.15, -0.1) is 0 Å². The largest absolute Gasteiger partial charge is 0.352 e. The monoisotopic (exact) mass is 707 g/mol. The van der Waals surface area contributed by atoms with Gasteiger partial charge in [-0.2, -0.15) is 0 Å². The number of anilines is 1. The van der Waals surface area contributed by atoms with Crippen LogP contribution in [0, 0.1) is 0 Å². The third kappa shape index (κ3) is 8.54. The summed E-state index contributed by atoms with van der Waals surface area (Å²) in [4.78, 5) is 30.1. The first-order valence-electron chi connectivity index (χ1n) is 14.9. The van der Waals surface area contributed by atoms with Crippen molar-refractivity contribution in [3.63, 3.8) is 0 Å². The van der Waals surface area contributed by atoms with Crippen LogP contribution < -0.4 is 9.62 Å². The van der Waals surface area contributed by atoms with Crippen molar-refractivity contribution in [2.45, 2.75) is 55.6 Å². The molecule has 4 aromatic rings. The molecule has 2 amide bonds. The molecule has 0 spiro atoms. The second kappa shape index (κ2) is 15.1. The van der Waals surface area contributed by atoms with E-state index < -0.39 is 28.5 Å². The van der Waals surface area contributed by atoms with E-state index in [2.05, 4.69) is 21.2 Å². The number of amides is 2. The maximum Gasteiger partial charge on any atom is 0.264 e. The summed E-state index contributed by atoms with van der Waals surface area (Å²) in [5.74, 6) is -0.767. The van der Waals surface area contributed by atoms with E-state index in [9.17, 15) is 18.0 Å². The molecule has 1 unspecified atom stereocenters. The Labute approximate surface area is 278 Å². The van der Waals surface area contributed by atoms with Crippen LogP contribution in [-0.4, -0.2) is 43.8 Å². The van der Waals surface area contributed by atoms with Gasteiger partial charge in [-0.05, 0) is 66.4 Å². The molecule has 0 radical (unpaired) electrons. The Morgan fingerprint density at radius 2 is 1.49 bits per heavy atom. The molecule has 0 heterocycles. The summed E-state index contributed by atoms with van der Waals surface area (Å²) in [6.07, 6.45) is 4.14. The number of carbonyl (C=O) groups is 2. The first kappa shape index (κ1) is 32.7. The van der Waals surface area contributed by atoms with Crippen molar-refractivity contribution in [1.82, 2.24) is 10.2 Å². The number of rotatable bonds is 12. The lowest BCUT2D eigenvalue weighted by molar-refractivity contribution is -0.140. The molecule has 1 saturated carbocycles. The molecule has 45 heavy (non-hydrogen) atoms. The van der Waals surface area contributed by atoms with Crippen LogP contribution in [0.1, 0.15) is 36.8 Å². The molecule has 0 aromatic heterocycles. The second-order valence-corrected chi connectivity index (χ2v) is 14.4. The molecule has 4 aromatic carbocycles. The maximum atomic E-state index is 14.5. The average molecular weight is 709 g/mol. The number of halogens is 2. The van der Waals surface area contributed by atoms with Gasteiger partial charge in [0.1, 0.15) is 12.6 Å². The number of sulfonamides is 1. The standard InChI is InChI=1S/C35H35BrClN3O4S/c36-28-20-18-27(19-21-28)24-39(33(22-26-10-3-1-4-11-26)35(42)38-30-13-7-8-14-30)34(41)25-40(31-15-9-12-29(37)23-31)45(43,44)32-16-5-2-6-17-32/h1-6,9-12,15-21,23,30,33H,7-8,13-14,22,24-25H2,(H,38,42). The highest BCUT2D eigenvalue weighted by atomic mass is 79.9. The first-order chi connectivity index (χ1) is 21.7. The van der Waals surface area contributed by atoms with Gasteiger partial charge in [0, 0.05) is 28.5 Å². The van der Waals surface area contributed by atoms with Crippen LogP contribution in [0.2, 0.25) is 5.02 Å². The van der Waals surface area contributed by atoms with Crippen molar-refractivity contribution < 1.29 is 18.0 Å². The van der Waals surface area contributed by atoms with Crippen molar-refractivity contribution in [2.75, 3.05) is 10.8 Å². The molecule has 1 fully saturated rings. The minimum Gasteiger partial charge on any atom is -0.352 e. The number of carbonyl (C=O) groups excluding carboxylic acids is 2. The highest BCUT2D eigenvalue weighted by molar-refractivity contribution is 9.10. The van der Waals surface area contributed by atoms with E-state index in [0.717, 1.165) is 45.6 Å². The Kier molecular flexibility index (Phi) is 11.0. The molecular weight excluding hydrogens is 674 g/mol. The fourth-order valence-corrected chi connectivity index (χ4v) is 7.46. The van der Waals surface area contributed by atoms with Gasteiger partial charge in [-0.25, -0.2) is 8.42 Å². The third-order valence-electron chi connectivity index (χ3n) is 7.95. The second-order valence-electron chi connectivity index (χ2n) is 11.1. The fourth-order valence-electron chi connectivity index (χ4n) is 5.59. The normalized spacial score (nSPS) is 14.1. The third-order valence-corrected chi connectivity index (χ3v) is 10.5. The molecule has 0 bridgehead atoms. The summed E-state index contributed by atoms with van der Waals surface area (Å²) in [5.41, 5.74) is 1.94. The zero-order chi connectivity index (χ0) is 31.8. The molecule has 1 aliphatic rings. The molecule has 1 atom stereocenters. The van der Waals surface area contributed by atoms with Crippen molar-refractivity contribution in [1.29, 1.82) is 0 Å². The SMILES string of the molecule is O=C(NC1CCCC1)C(Cc1ccccc1)N(Cc1ccc(Br)cc1)C(=O)CN(c1cccc(Cl)c1)S(=O)(=O)c1ccccc1. The highest BCUT2D eigenvalue weighted by Crippen LogP contribution is 2.27. The van der Waals surface area contributed by atoms with E-state index in [1.165, 1.54) is 23.1 Å². The Morgan fingerprint density at radius 3 is 2.13 bits per heavy atom. The van der Waals surface area contributed by atoms with E-state index >= 15 is 0 Å². The molecule has 0 aliphatic heterocycles. The minimum atomic E-state index is -4.18. The molecule has 5 rings (SSSR count). The summed E-state index contributed by atoms with van der Waals surface area (Å²) < 4.78 is 30.0. The van der Waals surface area contributed by atoms with Crippen LogP contribution in [0.4, 0.5) is 5.69 Å². The summed E-state index contributed by atoms with van der Waals surface area (Å²) in [5, 5.41) is 3.52. The lowest BCUT2D eigenvalue weighted by atomic mass is 10.0. The van der Waals surface area contributed by atoms with Crippen molar-refractivity contribution in [3.05, 3.63) is 130 Å². The quantitative estimate of drug-likeness (QED) is 0.172. The predicted octanol–water partition coefficient (Wildman–Crippen LogP) is 7.00. The number of hydrogen-bond donors (Lipinski definition) is 1. The van der Waals surface area contributed by atoms with E-state index in [1.807, 2.05) is 54.6 Å². The van der Waals surface area contributed by atoms with E-state index in [0.29, 0.717) is 5.02 Å². The molecule has 7 nitrogen and oxygen atoms in total. The van der Waals surface area contributed by atoms with E-state index in [-0.39, 0.29) is 35.5 Å². The van der Waals surface area contributed by atoms with Crippen molar-refractivity contribution in [2.24, 2.45) is 0 Å².